The number of rotatable bonds is 11. The minimum absolute atomic E-state index is 0.0432. The first-order valence-electron chi connectivity index (χ1n) is 11.1. The average molecular weight is 425 g/mol. The molecule has 0 spiro atoms. The van der Waals surface area contributed by atoms with Crippen LogP contribution in [0.4, 0.5) is 0 Å². The number of methoxy groups -OCH3 is 1. The maximum absolute atomic E-state index is 13.4. The van der Waals surface area contributed by atoms with Crippen LogP contribution in [-0.4, -0.2) is 36.4 Å². The number of amides is 2. The molecule has 5 heteroatoms. The molecule has 0 aromatic heterocycles. The van der Waals surface area contributed by atoms with E-state index in [4.69, 9.17) is 4.74 Å². The number of carbonyl (C=O) groups excluding carboxylic acids is 2. The minimum Gasteiger partial charge on any atom is -0.497 e. The van der Waals surface area contributed by atoms with Crippen LogP contribution in [0.1, 0.15) is 55.4 Å². The molecule has 2 aromatic carbocycles. The van der Waals surface area contributed by atoms with Crippen LogP contribution in [-0.2, 0) is 22.6 Å². The molecular weight excluding hydrogens is 388 g/mol. The summed E-state index contributed by atoms with van der Waals surface area (Å²) in [7, 11) is 1.63. The van der Waals surface area contributed by atoms with Gasteiger partial charge >= 0.3 is 0 Å². The number of ether oxygens (including phenoxy) is 1. The van der Waals surface area contributed by atoms with E-state index in [-0.39, 0.29) is 18.2 Å². The van der Waals surface area contributed by atoms with Gasteiger partial charge in [-0.3, -0.25) is 9.59 Å². The van der Waals surface area contributed by atoms with Gasteiger partial charge in [-0.1, -0.05) is 61.7 Å². The van der Waals surface area contributed by atoms with Gasteiger partial charge < -0.3 is 15.0 Å². The normalized spacial score (nSPS) is 11.6. The van der Waals surface area contributed by atoms with Crippen molar-refractivity contribution in [1.29, 1.82) is 0 Å². The third-order valence-electron chi connectivity index (χ3n) is 5.36. The molecule has 2 aromatic rings. The molecule has 0 bridgehead atoms. The molecule has 5 nitrogen and oxygen atoms in total. The zero-order valence-electron chi connectivity index (χ0n) is 19.5. The van der Waals surface area contributed by atoms with E-state index in [1.807, 2.05) is 57.2 Å². The van der Waals surface area contributed by atoms with Crippen LogP contribution in [0.3, 0.4) is 0 Å². The lowest BCUT2D eigenvalue weighted by Gasteiger charge is -2.31. The summed E-state index contributed by atoms with van der Waals surface area (Å²) >= 11 is 0. The molecule has 168 valence electrons. The zero-order chi connectivity index (χ0) is 22.8. The van der Waals surface area contributed by atoms with Crippen molar-refractivity contribution in [3.63, 3.8) is 0 Å². The minimum atomic E-state index is -0.502. The molecule has 31 heavy (non-hydrogen) atoms. The summed E-state index contributed by atoms with van der Waals surface area (Å²) in [6.07, 6.45) is 2.78. The van der Waals surface area contributed by atoms with Gasteiger partial charge in [0.1, 0.15) is 11.8 Å². The number of nitrogens with one attached hydrogen (secondary N) is 1. The van der Waals surface area contributed by atoms with Crippen LogP contribution in [0.25, 0.3) is 0 Å². The van der Waals surface area contributed by atoms with Crippen LogP contribution in [0, 0.1) is 13.8 Å². The van der Waals surface area contributed by atoms with Gasteiger partial charge in [-0.25, -0.2) is 0 Å². The first-order chi connectivity index (χ1) is 14.9. The summed E-state index contributed by atoms with van der Waals surface area (Å²) in [4.78, 5) is 28.1. The van der Waals surface area contributed by atoms with Gasteiger partial charge in [0.25, 0.3) is 0 Å². The van der Waals surface area contributed by atoms with Crippen molar-refractivity contribution in [3.05, 3.63) is 64.7 Å². The number of benzene rings is 2. The van der Waals surface area contributed by atoms with Gasteiger partial charge in [0, 0.05) is 13.1 Å². The van der Waals surface area contributed by atoms with Crippen LogP contribution < -0.4 is 10.1 Å². The van der Waals surface area contributed by atoms with E-state index in [1.165, 1.54) is 0 Å². The standard InChI is InChI=1S/C26H36N2O3/c1-6-8-13-27-26(30)24(7-2)28(18-21-9-11-23(31-5)12-10-21)25(29)17-22-15-19(3)14-20(4)16-22/h9-12,14-16,24H,6-8,13,17-18H2,1-5H3,(H,27,30). The van der Waals surface area contributed by atoms with Crippen molar-refractivity contribution >= 4 is 11.8 Å². The average Bonchev–Trinajstić information content (AvgIpc) is 2.73. The molecule has 2 rings (SSSR count). The Kier molecular flexibility index (Phi) is 9.57. The van der Waals surface area contributed by atoms with Crippen LogP contribution in [0.2, 0.25) is 0 Å². The molecule has 0 aliphatic heterocycles. The van der Waals surface area contributed by atoms with Gasteiger partial charge in [0.15, 0.2) is 0 Å². The highest BCUT2D eigenvalue weighted by Crippen LogP contribution is 2.18. The van der Waals surface area contributed by atoms with Gasteiger partial charge in [0.05, 0.1) is 13.5 Å². The molecule has 0 radical (unpaired) electrons. The SMILES string of the molecule is CCCCNC(=O)C(CC)N(Cc1ccc(OC)cc1)C(=O)Cc1cc(C)cc(C)c1. The van der Waals surface area contributed by atoms with Gasteiger partial charge in [-0.05, 0) is 49.9 Å². The number of carbonyl (C=O) groups is 2. The molecular formula is C26H36N2O3. The largest absolute Gasteiger partial charge is 0.497 e. The van der Waals surface area contributed by atoms with E-state index in [0.717, 1.165) is 40.8 Å². The maximum atomic E-state index is 13.4. The molecule has 1 unspecified atom stereocenters. The smallest absolute Gasteiger partial charge is 0.242 e. The third kappa shape index (κ3) is 7.42. The van der Waals surface area contributed by atoms with E-state index in [0.29, 0.717) is 19.5 Å². The lowest BCUT2D eigenvalue weighted by Crippen LogP contribution is -2.49. The van der Waals surface area contributed by atoms with Crippen molar-refractivity contribution in [2.75, 3.05) is 13.7 Å². The molecule has 1 N–H and O–H groups in total. The van der Waals surface area contributed by atoms with E-state index in [2.05, 4.69) is 18.3 Å². The number of unbranched alkanes of at least 4 members (excludes halogenated alkanes) is 1. The Morgan fingerprint density at radius 2 is 1.65 bits per heavy atom. The van der Waals surface area contributed by atoms with Crippen molar-refractivity contribution in [3.8, 4) is 5.75 Å². The number of nitrogens with zero attached hydrogens (tertiary/aromatic N) is 1. The molecule has 0 saturated carbocycles. The van der Waals surface area contributed by atoms with Gasteiger partial charge in [-0.2, -0.15) is 0 Å². The Balaban J connectivity index is 2.27. The second-order valence-electron chi connectivity index (χ2n) is 8.11. The van der Waals surface area contributed by atoms with Crippen LogP contribution in [0.5, 0.6) is 5.75 Å². The Bertz CT molecular complexity index is 841. The maximum Gasteiger partial charge on any atom is 0.242 e. The third-order valence-corrected chi connectivity index (χ3v) is 5.36. The number of hydrogen-bond acceptors (Lipinski definition) is 3. The highest BCUT2D eigenvalue weighted by molar-refractivity contribution is 5.88. The fourth-order valence-electron chi connectivity index (χ4n) is 3.80. The second-order valence-corrected chi connectivity index (χ2v) is 8.11. The second kappa shape index (κ2) is 12.1. The zero-order valence-corrected chi connectivity index (χ0v) is 19.5. The summed E-state index contributed by atoms with van der Waals surface area (Å²) in [5, 5.41) is 3.00. The predicted molar refractivity (Wildman–Crippen MR) is 125 cm³/mol. The molecule has 0 aliphatic carbocycles. The highest BCUT2D eigenvalue weighted by atomic mass is 16.5. The number of hydrogen-bond donors (Lipinski definition) is 1. The van der Waals surface area contributed by atoms with E-state index >= 15 is 0 Å². The first kappa shape index (κ1) is 24.4. The molecule has 0 fully saturated rings. The molecule has 0 heterocycles. The first-order valence-corrected chi connectivity index (χ1v) is 11.1. The van der Waals surface area contributed by atoms with Gasteiger partial charge in [-0.15, -0.1) is 0 Å². The van der Waals surface area contributed by atoms with E-state index in [9.17, 15) is 9.59 Å². The summed E-state index contributed by atoms with van der Waals surface area (Å²) in [6, 6.07) is 13.3. The fourth-order valence-corrected chi connectivity index (χ4v) is 3.80. The van der Waals surface area contributed by atoms with Gasteiger partial charge in [0.2, 0.25) is 11.8 Å². The van der Waals surface area contributed by atoms with Crippen LogP contribution >= 0.6 is 0 Å². The summed E-state index contributed by atoms with van der Waals surface area (Å²) in [5.74, 6) is 0.637. The topological polar surface area (TPSA) is 58.6 Å². The molecule has 0 saturated heterocycles. The van der Waals surface area contributed by atoms with Crippen molar-refractivity contribution in [2.24, 2.45) is 0 Å². The van der Waals surface area contributed by atoms with Crippen molar-refractivity contribution in [2.45, 2.75) is 66.0 Å². The highest BCUT2D eigenvalue weighted by Gasteiger charge is 2.28. The lowest BCUT2D eigenvalue weighted by atomic mass is 10.0. The van der Waals surface area contributed by atoms with Crippen LogP contribution in [0.15, 0.2) is 42.5 Å². The predicted octanol–water partition coefficient (Wildman–Crippen LogP) is 4.58. The molecule has 2 amide bonds. The summed E-state index contributed by atoms with van der Waals surface area (Å²) in [5.41, 5.74) is 4.21. The Morgan fingerprint density at radius 3 is 2.19 bits per heavy atom. The van der Waals surface area contributed by atoms with Crippen molar-refractivity contribution < 1.29 is 14.3 Å². The Labute approximate surface area is 186 Å². The monoisotopic (exact) mass is 424 g/mol. The Hall–Kier alpha value is -2.82. The van der Waals surface area contributed by atoms with E-state index < -0.39 is 6.04 Å². The summed E-state index contributed by atoms with van der Waals surface area (Å²) < 4.78 is 5.24. The fraction of sp³-hybridized carbons (Fsp3) is 0.462. The Morgan fingerprint density at radius 1 is 1.00 bits per heavy atom. The number of aryl methyl sites for hydroxylation is 2. The van der Waals surface area contributed by atoms with E-state index in [1.54, 1.807) is 12.0 Å². The quantitative estimate of drug-likeness (QED) is 0.537. The molecule has 0 aliphatic rings. The summed E-state index contributed by atoms with van der Waals surface area (Å²) in [6.45, 7) is 9.13. The lowest BCUT2D eigenvalue weighted by molar-refractivity contribution is -0.140. The molecule has 1 atom stereocenters. The van der Waals surface area contributed by atoms with Crippen molar-refractivity contribution in [1.82, 2.24) is 10.2 Å².